The maximum atomic E-state index is 12.5. The van der Waals surface area contributed by atoms with Gasteiger partial charge in [0.05, 0.1) is 30.3 Å². The second kappa shape index (κ2) is 7.94. The largest absolute Gasteiger partial charge is 0.497 e. The topological polar surface area (TPSA) is 107 Å². The number of carbonyl (C=O) groups is 1. The molecule has 0 aliphatic carbocycles. The van der Waals surface area contributed by atoms with Gasteiger partial charge in [0.25, 0.3) is 11.6 Å². The van der Waals surface area contributed by atoms with Crippen LogP contribution < -0.4 is 10.1 Å². The van der Waals surface area contributed by atoms with Gasteiger partial charge in [0.2, 0.25) is 0 Å². The molecule has 0 atom stereocenters. The third-order valence-electron chi connectivity index (χ3n) is 4.30. The molecule has 0 unspecified atom stereocenters. The van der Waals surface area contributed by atoms with Gasteiger partial charge >= 0.3 is 0 Å². The van der Waals surface area contributed by atoms with E-state index in [1.54, 1.807) is 7.11 Å². The number of hydrogen-bond donors (Lipinski definition) is 1. The maximum absolute atomic E-state index is 12.5. The van der Waals surface area contributed by atoms with Crippen molar-refractivity contribution in [1.29, 1.82) is 0 Å². The molecular weight excluding hydrogens is 412 g/mol. The Labute approximate surface area is 173 Å². The fraction of sp³-hybridized carbons (Fsp3) is 0.105. The van der Waals surface area contributed by atoms with Crippen LogP contribution in [0.2, 0.25) is 0 Å². The molecule has 0 saturated carbocycles. The summed E-state index contributed by atoms with van der Waals surface area (Å²) in [6.07, 6.45) is 0. The van der Waals surface area contributed by atoms with Crippen molar-refractivity contribution < 1.29 is 14.5 Å². The highest BCUT2D eigenvalue weighted by molar-refractivity contribution is 7.10. The molecule has 0 aliphatic rings. The lowest BCUT2D eigenvalue weighted by molar-refractivity contribution is -0.383. The molecule has 2 heterocycles. The number of hydrogen-bond acceptors (Lipinski definition) is 8. The van der Waals surface area contributed by atoms with Gasteiger partial charge in [-0.05, 0) is 40.8 Å². The number of nitro benzene ring substituents is 1. The highest BCUT2D eigenvalue weighted by Crippen LogP contribution is 2.28. The van der Waals surface area contributed by atoms with Crippen LogP contribution in [-0.2, 0) is 6.54 Å². The number of non-ortho nitro benzene ring substituents is 1. The fourth-order valence-electron chi connectivity index (χ4n) is 2.82. The summed E-state index contributed by atoms with van der Waals surface area (Å²) >= 11 is 2.40. The average Bonchev–Trinajstić information content (AvgIpc) is 3.40. The molecule has 2 aromatic carbocycles. The lowest BCUT2D eigenvalue weighted by Crippen LogP contribution is -2.22. The van der Waals surface area contributed by atoms with E-state index in [4.69, 9.17) is 4.74 Å². The molecule has 0 spiro atoms. The molecule has 1 N–H and O–H groups in total. The van der Waals surface area contributed by atoms with Crippen LogP contribution in [0.4, 0.5) is 5.69 Å². The summed E-state index contributed by atoms with van der Waals surface area (Å²) in [5, 5.41) is 16.1. The van der Waals surface area contributed by atoms with Crippen LogP contribution in [0.5, 0.6) is 5.75 Å². The molecule has 29 heavy (non-hydrogen) atoms. The first kappa shape index (κ1) is 19.0. The molecule has 1 amide bonds. The van der Waals surface area contributed by atoms with Crippen LogP contribution in [0.15, 0.2) is 47.8 Å². The number of fused-ring (bicyclic) bond motifs is 1. The summed E-state index contributed by atoms with van der Waals surface area (Å²) < 4.78 is 13.1. The number of rotatable bonds is 6. The summed E-state index contributed by atoms with van der Waals surface area (Å²) in [5.41, 5.74) is 2.60. The number of thiophene rings is 1. The molecule has 4 rings (SSSR count). The second-order valence-electron chi connectivity index (χ2n) is 6.10. The van der Waals surface area contributed by atoms with E-state index in [1.165, 1.54) is 23.5 Å². The zero-order chi connectivity index (χ0) is 20.4. The van der Waals surface area contributed by atoms with Gasteiger partial charge in [-0.1, -0.05) is 12.1 Å². The summed E-state index contributed by atoms with van der Waals surface area (Å²) in [6, 6.07) is 12.5. The Hall–Kier alpha value is -3.37. The number of carbonyl (C=O) groups excluding carboxylic acids is 1. The van der Waals surface area contributed by atoms with E-state index in [9.17, 15) is 14.9 Å². The number of amides is 1. The monoisotopic (exact) mass is 426 g/mol. The van der Waals surface area contributed by atoms with Crippen molar-refractivity contribution in [2.24, 2.45) is 0 Å². The first-order chi connectivity index (χ1) is 14.0. The van der Waals surface area contributed by atoms with Gasteiger partial charge in [0.1, 0.15) is 11.3 Å². The van der Waals surface area contributed by atoms with Crippen molar-refractivity contribution in [3.05, 3.63) is 68.4 Å². The van der Waals surface area contributed by atoms with E-state index in [-0.39, 0.29) is 16.8 Å². The van der Waals surface area contributed by atoms with E-state index < -0.39 is 10.8 Å². The molecule has 2 aromatic heterocycles. The van der Waals surface area contributed by atoms with Gasteiger partial charge in [-0.15, -0.1) is 11.3 Å². The molecule has 10 heteroatoms. The third-order valence-corrected chi connectivity index (χ3v) is 5.78. The van der Waals surface area contributed by atoms with Crippen molar-refractivity contribution in [1.82, 2.24) is 14.1 Å². The number of nitrogens with zero attached hydrogens (tertiary/aromatic N) is 3. The van der Waals surface area contributed by atoms with Crippen molar-refractivity contribution in [3.8, 4) is 16.9 Å². The first-order valence-electron chi connectivity index (χ1n) is 8.46. The lowest BCUT2D eigenvalue weighted by atomic mass is 10.1. The zero-order valence-corrected chi connectivity index (χ0v) is 16.8. The van der Waals surface area contributed by atoms with Gasteiger partial charge in [0.15, 0.2) is 5.52 Å². The molecule has 0 aliphatic heterocycles. The number of aromatic nitrogens is 2. The second-order valence-corrected chi connectivity index (χ2v) is 7.62. The van der Waals surface area contributed by atoms with Crippen molar-refractivity contribution >= 4 is 45.7 Å². The van der Waals surface area contributed by atoms with Gasteiger partial charge in [-0.3, -0.25) is 14.9 Å². The van der Waals surface area contributed by atoms with E-state index >= 15 is 0 Å². The summed E-state index contributed by atoms with van der Waals surface area (Å²) in [7, 11) is 1.62. The van der Waals surface area contributed by atoms with E-state index in [0.29, 0.717) is 12.1 Å². The molecular formula is C19H14N4O4S2. The number of ether oxygens (including phenoxy) is 1. The average molecular weight is 426 g/mol. The van der Waals surface area contributed by atoms with Crippen LogP contribution in [0.25, 0.3) is 22.2 Å². The highest BCUT2D eigenvalue weighted by Gasteiger charge is 2.20. The molecule has 4 aromatic rings. The number of nitro groups is 1. The van der Waals surface area contributed by atoms with Crippen molar-refractivity contribution in [2.75, 3.05) is 7.11 Å². The van der Waals surface area contributed by atoms with Gasteiger partial charge in [-0.25, -0.2) is 0 Å². The molecule has 0 saturated heterocycles. The number of nitrogens with one attached hydrogen (secondary N) is 1. The Bertz CT molecular complexity index is 1200. The number of benzene rings is 2. The van der Waals surface area contributed by atoms with Crippen LogP contribution in [0.3, 0.4) is 0 Å². The Balaban J connectivity index is 1.48. The minimum Gasteiger partial charge on any atom is -0.497 e. The van der Waals surface area contributed by atoms with Crippen LogP contribution in [0.1, 0.15) is 15.2 Å². The smallest absolute Gasteiger partial charge is 0.299 e. The van der Waals surface area contributed by atoms with Gasteiger partial charge in [-0.2, -0.15) is 8.75 Å². The third kappa shape index (κ3) is 3.93. The van der Waals surface area contributed by atoms with Crippen LogP contribution in [-0.4, -0.2) is 26.7 Å². The molecule has 0 radical (unpaired) electrons. The molecule has 0 fully saturated rings. The zero-order valence-electron chi connectivity index (χ0n) is 15.1. The summed E-state index contributed by atoms with van der Waals surface area (Å²) in [4.78, 5) is 24.2. The molecule has 0 bridgehead atoms. The molecule has 146 valence electrons. The maximum Gasteiger partial charge on any atom is 0.299 e. The highest BCUT2D eigenvalue weighted by atomic mass is 32.1. The Kier molecular flexibility index (Phi) is 5.19. The predicted molar refractivity (Wildman–Crippen MR) is 112 cm³/mol. The standard InChI is InChI=1S/C19H14N4O4S2/c1-27-14-4-2-11(3-5-14)13-6-15(28-10-13)9-20-19(24)12-7-16-18(22-29-21-16)17(8-12)23(25)26/h2-8,10H,9H2,1H3,(H,20,24). The van der Waals surface area contributed by atoms with Crippen LogP contribution >= 0.6 is 23.1 Å². The first-order valence-corrected chi connectivity index (χ1v) is 10.1. The number of methoxy groups -OCH3 is 1. The SMILES string of the molecule is COc1ccc(-c2csc(CNC(=O)c3cc([N+](=O)[O-])c4nsnc4c3)c2)cc1. The normalized spacial score (nSPS) is 10.8. The quantitative estimate of drug-likeness (QED) is 0.364. The fourth-order valence-corrected chi connectivity index (χ4v) is 4.19. The Morgan fingerprint density at radius 1 is 1.17 bits per heavy atom. The van der Waals surface area contributed by atoms with E-state index in [2.05, 4.69) is 14.1 Å². The summed E-state index contributed by atoms with van der Waals surface area (Å²) in [5.74, 6) is 0.389. The van der Waals surface area contributed by atoms with E-state index in [1.807, 2.05) is 35.7 Å². The Morgan fingerprint density at radius 3 is 2.69 bits per heavy atom. The minimum atomic E-state index is -0.555. The molecule has 8 nitrogen and oxygen atoms in total. The van der Waals surface area contributed by atoms with Gasteiger partial charge < -0.3 is 10.1 Å². The van der Waals surface area contributed by atoms with Crippen LogP contribution in [0, 0.1) is 10.1 Å². The minimum absolute atomic E-state index is 0.184. The van der Waals surface area contributed by atoms with E-state index in [0.717, 1.165) is 33.5 Å². The van der Waals surface area contributed by atoms with Gasteiger partial charge in [0, 0.05) is 16.5 Å². The predicted octanol–water partition coefficient (Wildman–Crippen LogP) is 4.27. The Morgan fingerprint density at radius 2 is 1.97 bits per heavy atom. The lowest BCUT2D eigenvalue weighted by Gasteiger charge is -2.04. The summed E-state index contributed by atoms with van der Waals surface area (Å²) in [6.45, 7) is 0.320. The van der Waals surface area contributed by atoms with Crippen molar-refractivity contribution in [2.45, 2.75) is 6.54 Å². The van der Waals surface area contributed by atoms with Crippen molar-refractivity contribution in [3.63, 3.8) is 0 Å².